The Morgan fingerprint density at radius 1 is 1.28 bits per heavy atom. The third kappa shape index (κ3) is 4.02. The molecule has 4 rings (SSSR count). The number of amides is 1. The minimum absolute atomic E-state index is 0.156. The van der Waals surface area contributed by atoms with E-state index in [1.54, 1.807) is 30.5 Å². The summed E-state index contributed by atoms with van der Waals surface area (Å²) in [6.45, 7) is 1.49. The van der Waals surface area contributed by atoms with Gasteiger partial charge in [0, 0.05) is 39.0 Å². The molecule has 11 heteroatoms. The quantitative estimate of drug-likeness (QED) is 0.613. The molecule has 2 aromatic heterocycles. The van der Waals surface area contributed by atoms with Crippen LogP contribution in [0.5, 0.6) is 0 Å². The van der Waals surface area contributed by atoms with Crippen molar-refractivity contribution in [3.05, 3.63) is 36.3 Å². The normalized spacial score (nSPS) is 15.6. The van der Waals surface area contributed by atoms with Gasteiger partial charge in [0.25, 0.3) is 0 Å². The Kier molecular flexibility index (Phi) is 5.35. The van der Waals surface area contributed by atoms with Crippen molar-refractivity contribution >= 4 is 32.8 Å². The lowest BCUT2D eigenvalue weighted by molar-refractivity contribution is -0.116. The average Bonchev–Trinajstić information content (AvgIpc) is 3.34. The number of ether oxygens (including phenoxy) is 1. The zero-order valence-electron chi connectivity index (χ0n) is 16.0. The second kappa shape index (κ2) is 7.93. The molecular formula is C18H22N6O4S. The van der Waals surface area contributed by atoms with Gasteiger partial charge < -0.3 is 14.6 Å². The molecule has 1 aromatic carbocycles. The molecule has 1 amide bonds. The van der Waals surface area contributed by atoms with Crippen molar-refractivity contribution in [3.63, 3.8) is 0 Å². The molecule has 1 saturated heterocycles. The summed E-state index contributed by atoms with van der Waals surface area (Å²) in [6, 6.07) is 6.62. The molecule has 3 aromatic rings. The number of anilines is 1. The Morgan fingerprint density at radius 3 is 2.79 bits per heavy atom. The number of nitrogens with one attached hydrogen (secondary N) is 2. The van der Waals surface area contributed by atoms with E-state index in [2.05, 4.69) is 20.5 Å². The summed E-state index contributed by atoms with van der Waals surface area (Å²) < 4.78 is 34.3. The monoisotopic (exact) mass is 418 g/mol. The predicted octanol–water partition coefficient (Wildman–Crippen LogP) is 0.889. The van der Waals surface area contributed by atoms with Crippen molar-refractivity contribution < 1.29 is 17.9 Å². The van der Waals surface area contributed by atoms with Crippen molar-refractivity contribution in [2.24, 2.45) is 7.05 Å². The van der Waals surface area contributed by atoms with E-state index in [9.17, 15) is 13.2 Å². The molecule has 0 unspecified atom stereocenters. The number of hydrogen-bond donors (Lipinski definition) is 2. The lowest BCUT2D eigenvalue weighted by Crippen LogP contribution is -2.40. The largest absolute Gasteiger partial charge is 0.379 e. The van der Waals surface area contributed by atoms with Gasteiger partial charge >= 0.3 is 0 Å². The van der Waals surface area contributed by atoms with Crippen LogP contribution in [0, 0.1) is 0 Å². The molecule has 1 aliphatic rings. The van der Waals surface area contributed by atoms with Crippen LogP contribution in [-0.4, -0.2) is 64.7 Å². The second-order valence-corrected chi connectivity index (χ2v) is 8.71. The van der Waals surface area contributed by atoms with Crippen LogP contribution in [0.2, 0.25) is 0 Å². The Balaban J connectivity index is 1.51. The number of nitrogens with zero attached hydrogens (tertiary/aromatic N) is 4. The van der Waals surface area contributed by atoms with Crippen molar-refractivity contribution in [2.75, 3.05) is 31.6 Å². The number of hydrogen-bond acceptors (Lipinski definition) is 6. The number of H-pyrrole nitrogens is 1. The van der Waals surface area contributed by atoms with Crippen LogP contribution in [0.3, 0.4) is 0 Å². The molecule has 0 aliphatic carbocycles. The molecule has 3 heterocycles. The highest BCUT2D eigenvalue weighted by molar-refractivity contribution is 7.89. The molecule has 0 radical (unpaired) electrons. The Morgan fingerprint density at radius 2 is 2.07 bits per heavy atom. The zero-order chi connectivity index (χ0) is 20.4. The van der Waals surface area contributed by atoms with Gasteiger partial charge in [-0.25, -0.2) is 13.4 Å². The van der Waals surface area contributed by atoms with Gasteiger partial charge in [0.1, 0.15) is 11.6 Å². The standard InChI is InChI=1S/C18H22N6O4S/c1-23-15-3-2-13(29(26,27)24-8-10-28-11-9-24)12-14(15)20-17(23)4-5-18(25)21-16-6-7-19-22-16/h2-3,6-7,12H,4-5,8-11H2,1H3,(H2,19,21,22,25). The van der Waals surface area contributed by atoms with Gasteiger partial charge in [0.05, 0.1) is 35.3 Å². The number of benzene rings is 1. The first-order valence-electron chi connectivity index (χ1n) is 9.27. The fraction of sp³-hybridized carbons (Fsp3) is 0.389. The smallest absolute Gasteiger partial charge is 0.243 e. The number of aryl methyl sites for hydroxylation is 2. The number of aromatic amines is 1. The summed E-state index contributed by atoms with van der Waals surface area (Å²) >= 11 is 0. The van der Waals surface area contributed by atoms with Gasteiger partial charge in [-0.1, -0.05) is 0 Å². The predicted molar refractivity (Wildman–Crippen MR) is 106 cm³/mol. The number of carbonyl (C=O) groups is 1. The topological polar surface area (TPSA) is 122 Å². The summed E-state index contributed by atoms with van der Waals surface area (Å²) in [6.07, 6.45) is 2.23. The van der Waals surface area contributed by atoms with Crippen molar-refractivity contribution in [3.8, 4) is 0 Å². The summed E-state index contributed by atoms with van der Waals surface area (Å²) in [5, 5.41) is 9.18. The van der Waals surface area contributed by atoms with Gasteiger partial charge in [0.2, 0.25) is 15.9 Å². The second-order valence-electron chi connectivity index (χ2n) is 6.77. The van der Waals surface area contributed by atoms with E-state index in [4.69, 9.17) is 4.74 Å². The Labute approximate surface area is 167 Å². The fourth-order valence-corrected chi connectivity index (χ4v) is 4.74. The van der Waals surface area contributed by atoms with E-state index in [1.807, 2.05) is 11.6 Å². The zero-order valence-corrected chi connectivity index (χ0v) is 16.8. The molecule has 0 bridgehead atoms. The lowest BCUT2D eigenvalue weighted by Gasteiger charge is -2.26. The van der Waals surface area contributed by atoms with E-state index in [0.29, 0.717) is 49.9 Å². The number of rotatable bonds is 6. The first-order valence-corrected chi connectivity index (χ1v) is 10.7. The molecule has 0 saturated carbocycles. The fourth-order valence-electron chi connectivity index (χ4n) is 3.31. The molecule has 1 aliphatic heterocycles. The number of carbonyl (C=O) groups excluding carboxylic acids is 1. The van der Waals surface area contributed by atoms with Crippen molar-refractivity contribution in [1.82, 2.24) is 24.1 Å². The van der Waals surface area contributed by atoms with Crippen LogP contribution in [0.1, 0.15) is 12.2 Å². The van der Waals surface area contributed by atoms with Crippen molar-refractivity contribution in [2.45, 2.75) is 17.7 Å². The Hall–Kier alpha value is -2.76. The van der Waals surface area contributed by atoms with E-state index in [1.165, 1.54) is 4.31 Å². The highest BCUT2D eigenvalue weighted by atomic mass is 32.2. The molecular weight excluding hydrogens is 396 g/mol. The van der Waals surface area contributed by atoms with Gasteiger partial charge in [-0.15, -0.1) is 0 Å². The third-order valence-electron chi connectivity index (χ3n) is 4.90. The Bertz CT molecular complexity index is 1120. The number of morpholine rings is 1. The van der Waals surface area contributed by atoms with E-state index in [-0.39, 0.29) is 17.2 Å². The van der Waals surface area contributed by atoms with Gasteiger partial charge in [-0.05, 0) is 18.2 Å². The molecule has 29 heavy (non-hydrogen) atoms. The molecule has 1 fully saturated rings. The van der Waals surface area contributed by atoms with Crippen LogP contribution >= 0.6 is 0 Å². The molecule has 154 valence electrons. The number of sulfonamides is 1. The summed E-state index contributed by atoms with van der Waals surface area (Å²) in [5.41, 5.74) is 1.40. The molecule has 2 N–H and O–H groups in total. The SMILES string of the molecule is Cn1c(CCC(=O)Nc2ccn[nH]2)nc2cc(S(=O)(=O)N3CCOCC3)ccc21. The summed E-state index contributed by atoms with van der Waals surface area (Å²) in [5.74, 6) is 1.09. The van der Waals surface area contributed by atoms with E-state index < -0.39 is 10.0 Å². The van der Waals surface area contributed by atoms with Crippen LogP contribution in [0.15, 0.2) is 35.4 Å². The summed E-state index contributed by atoms with van der Waals surface area (Å²) in [7, 11) is -1.73. The highest BCUT2D eigenvalue weighted by Gasteiger charge is 2.27. The van der Waals surface area contributed by atoms with Crippen LogP contribution in [-0.2, 0) is 33.0 Å². The van der Waals surface area contributed by atoms with Gasteiger partial charge in [-0.3, -0.25) is 9.89 Å². The minimum Gasteiger partial charge on any atom is -0.379 e. The van der Waals surface area contributed by atoms with E-state index in [0.717, 1.165) is 5.52 Å². The molecule has 10 nitrogen and oxygen atoms in total. The maximum atomic E-state index is 12.9. The molecule has 0 atom stereocenters. The summed E-state index contributed by atoms with van der Waals surface area (Å²) in [4.78, 5) is 16.9. The van der Waals surface area contributed by atoms with Crippen LogP contribution in [0.4, 0.5) is 5.82 Å². The minimum atomic E-state index is -3.58. The maximum Gasteiger partial charge on any atom is 0.243 e. The van der Waals surface area contributed by atoms with E-state index >= 15 is 0 Å². The number of aromatic nitrogens is 4. The maximum absolute atomic E-state index is 12.9. The average molecular weight is 418 g/mol. The first kappa shape index (κ1) is 19.6. The van der Waals surface area contributed by atoms with Crippen molar-refractivity contribution in [1.29, 1.82) is 0 Å². The third-order valence-corrected chi connectivity index (χ3v) is 6.80. The highest BCUT2D eigenvalue weighted by Crippen LogP contribution is 2.23. The lowest BCUT2D eigenvalue weighted by atomic mass is 10.3. The van der Waals surface area contributed by atoms with Crippen LogP contribution < -0.4 is 5.32 Å². The van der Waals surface area contributed by atoms with Gasteiger partial charge in [-0.2, -0.15) is 9.40 Å². The number of fused-ring (bicyclic) bond motifs is 1. The van der Waals surface area contributed by atoms with Crippen LogP contribution in [0.25, 0.3) is 11.0 Å². The molecule has 0 spiro atoms. The first-order chi connectivity index (χ1) is 13.9. The van der Waals surface area contributed by atoms with Gasteiger partial charge in [0.15, 0.2) is 0 Å². The number of imidazole rings is 1.